The van der Waals surface area contributed by atoms with Gasteiger partial charge in [-0.15, -0.1) is 0 Å². The zero-order valence-corrected chi connectivity index (χ0v) is 21.3. The van der Waals surface area contributed by atoms with Crippen molar-refractivity contribution in [1.82, 2.24) is 0 Å². The van der Waals surface area contributed by atoms with Crippen molar-refractivity contribution in [3.05, 3.63) is 80.9 Å². The van der Waals surface area contributed by atoms with Crippen LogP contribution in [0.4, 0.5) is 0 Å². The number of aromatic carboxylic acids is 6. The molecule has 8 N–H and O–H groups in total. The molecular formula is C28H22O14. The molecule has 218 valence electrons. The Labute approximate surface area is 235 Å². The summed E-state index contributed by atoms with van der Waals surface area (Å²) in [6.45, 7) is -0.250. The average Bonchev–Trinajstić information content (AvgIpc) is 2.91. The first kappa shape index (κ1) is 30.9. The van der Waals surface area contributed by atoms with Crippen molar-refractivity contribution in [3.63, 3.8) is 0 Å². The minimum atomic E-state index is -1.79. The number of rotatable bonds is 9. The highest BCUT2D eigenvalue weighted by atomic mass is 16.4. The van der Waals surface area contributed by atoms with E-state index in [1.807, 2.05) is 0 Å². The van der Waals surface area contributed by atoms with Gasteiger partial charge in [-0.1, -0.05) is 24.3 Å². The second-order valence-electron chi connectivity index (χ2n) is 8.69. The zero-order valence-electron chi connectivity index (χ0n) is 21.3. The van der Waals surface area contributed by atoms with Crippen molar-refractivity contribution in [2.45, 2.75) is 12.8 Å². The molecule has 0 radical (unpaired) electrons. The molecule has 0 heterocycles. The molecule has 42 heavy (non-hydrogen) atoms. The number of fused-ring (bicyclic) bond motifs is 1. The molecule has 14 heteroatoms. The van der Waals surface area contributed by atoms with E-state index in [2.05, 4.69) is 0 Å². The minimum absolute atomic E-state index is 0.0666. The van der Waals surface area contributed by atoms with Crippen LogP contribution in [0.1, 0.15) is 73.3 Å². The molecule has 0 unspecified atom stereocenters. The van der Waals surface area contributed by atoms with Gasteiger partial charge in [0.1, 0.15) is 0 Å². The van der Waals surface area contributed by atoms with E-state index >= 15 is 0 Å². The standard InChI is InChI=1S/C26H16O12.C2H6O2/c27-21(28)13-5-1-3-11(16(13)23(31)32)15-9-7-8-10(9)19(25(35)36)20(26(37)38)18(15)12-4-2-6-14(22(29)30)17(12)24(33)34;3-1-2-4/h1-6H,7-8H2,(H,27,28)(H,29,30)(H,31,32)(H,33,34)(H,35,36)(H,37,38);3-4H,1-2H2. The van der Waals surface area contributed by atoms with Gasteiger partial charge in [-0.2, -0.15) is 0 Å². The summed E-state index contributed by atoms with van der Waals surface area (Å²) in [7, 11) is 0. The Morgan fingerprint density at radius 1 is 0.476 bits per heavy atom. The van der Waals surface area contributed by atoms with E-state index < -0.39 is 80.3 Å². The largest absolute Gasteiger partial charge is 0.478 e. The van der Waals surface area contributed by atoms with E-state index in [9.17, 15) is 59.4 Å². The van der Waals surface area contributed by atoms with Gasteiger partial charge in [-0.3, -0.25) is 0 Å². The van der Waals surface area contributed by atoms with Crippen molar-refractivity contribution < 1.29 is 69.6 Å². The Morgan fingerprint density at radius 2 is 0.857 bits per heavy atom. The van der Waals surface area contributed by atoms with Crippen LogP contribution in [0.5, 0.6) is 0 Å². The molecule has 0 amide bonds. The van der Waals surface area contributed by atoms with Crippen LogP contribution < -0.4 is 0 Å². The van der Waals surface area contributed by atoms with Crippen molar-refractivity contribution in [2.24, 2.45) is 0 Å². The summed E-state index contributed by atoms with van der Waals surface area (Å²) in [5.74, 6) is -10.2. The van der Waals surface area contributed by atoms with Crippen LogP contribution in [0, 0.1) is 0 Å². The molecule has 0 fully saturated rings. The number of hydrogen-bond acceptors (Lipinski definition) is 8. The topological polar surface area (TPSA) is 264 Å². The van der Waals surface area contributed by atoms with Gasteiger partial charge in [0.25, 0.3) is 0 Å². The fourth-order valence-electron chi connectivity index (χ4n) is 4.83. The average molecular weight is 582 g/mol. The van der Waals surface area contributed by atoms with Crippen molar-refractivity contribution in [1.29, 1.82) is 0 Å². The van der Waals surface area contributed by atoms with Gasteiger partial charge in [-0.05, 0) is 52.8 Å². The minimum Gasteiger partial charge on any atom is -0.478 e. The van der Waals surface area contributed by atoms with Crippen LogP contribution in [-0.4, -0.2) is 89.9 Å². The number of aliphatic hydroxyl groups excluding tert-OH is 2. The van der Waals surface area contributed by atoms with Gasteiger partial charge < -0.3 is 40.9 Å². The highest BCUT2D eigenvalue weighted by Crippen LogP contribution is 2.48. The molecular weight excluding hydrogens is 560 g/mol. The smallest absolute Gasteiger partial charge is 0.337 e. The first-order valence-corrected chi connectivity index (χ1v) is 11.9. The third kappa shape index (κ3) is 5.39. The van der Waals surface area contributed by atoms with Crippen LogP contribution >= 0.6 is 0 Å². The van der Waals surface area contributed by atoms with Gasteiger partial charge in [0.15, 0.2) is 0 Å². The Bertz CT molecular complexity index is 1670. The van der Waals surface area contributed by atoms with Gasteiger partial charge in [-0.25, -0.2) is 28.8 Å². The molecule has 0 saturated heterocycles. The first-order chi connectivity index (χ1) is 19.8. The van der Waals surface area contributed by atoms with Gasteiger partial charge >= 0.3 is 35.8 Å². The Kier molecular flexibility index (Phi) is 9.05. The second-order valence-corrected chi connectivity index (χ2v) is 8.69. The number of carbonyl (C=O) groups is 6. The maximum atomic E-state index is 12.5. The van der Waals surface area contributed by atoms with Crippen LogP contribution in [0.3, 0.4) is 0 Å². The van der Waals surface area contributed by atoms with Crippen LogP contribution in [0.2, 0.25) is 0 Å². The van der Waals surface area contributed by atoms with Crippen LogP contribution in [0.25, 0.3) is 22.3 Å². The number of carboxylic acids is 6. The Balaban J connectivity index is 0.00000114. The quantitative estimate of drug-likeness (QED) is 0.180. The van der Waals surface area contributed by atoms with Crippen LogP contribution in [0.15, 0.2) is 36.4 Å². The highest BCUT2D eigenvalue weighted by molar-refractivity contribution is 6.17. The lowest BCUT2D eigenvalue weighted by Gasteiger charge is -2.31. The Hall–Kier alpha value is -5.60. The van der Waals surface area contributed by atoms with E-state index in [1.54, 1.807) is 0 Å². The van der Waals surface area contributed by atoms with Crippen LogP contribution in [-0.2, 0) is 12.8 Å². The molecule has 0 aliphatic heterocycles. The first-order valence-electron chi connectivity index (χ1n) is 11.9. The fraction of sp³-hybridized carbons (Fsp3) is 0.143. The fourth-order valence-corrected chi connectivity index (χ4v) is 4.83. The van der Waals surface area contributed by atoms with E-state index in [1.165, 1.54) is 12.1 Å². The van der Waals surface area contributed by atoms with Crippen molar-refractivity contribution in [3.8, 4) is 22.3 Å². The molecule has 4 rings (SSSR count). The lowest BCUT2D eigenvalue weighted by Crippen LogP contribution is -2.24. The van der Waals surface area contributed by atoms with E-state index in [4.69, 9.17) is 10.2 Å². The SMILES string of the molecule is O=C(O)c1cccc(-c2c3c(c(C(=O)O)c(C(=O)O)c2-c2cccc(C(=O)O)c2C(=O)O)CC3)c1C(=O)O.OCCO. The summed E-state index contributed by atoms with van der Waals surface area (Å²) in [6, 6.07) is 6.59. The molecule has 0 saturated carbocycles. The number of hydrogen-bond donors (Lipinski definition) is 8. The van der Waals surface area contributed by atoms with Gasteiger partial charge in [0.2, 0.25) is 0 Å². The predicted octanol–water partition coefficient (Wildman–Crippen LogP) is 2.28. The summed E-state index contributed by atoms with van der Waals surface area (Å²) >= 11 is 0. The normalized spacial score (nSPS) is 11.3. The summed E-state index contributed by atoms with van der Waals surface area (Å²) in [5.41, 5.74) is -5.76. The summed E-state index contributed by atoms with van der Waals surface area (Å²) in [4.78, 5) is 73.0. The third-order valence-corrected chi connectivity index (χ3v) is 6.43. The van der Waals surface area contributed by atoms with Gasteiger partial charge in [0, 0.05) is 5.56 Å². The number of aliphatic hydroxyl groups is 2. The molecule has 3 aromatic rings. The third-order valence-electron chi connectivity index (χ3n) is 6.43. The number of carboxylic acid groups (broad SMARTS) is 6. The summed E-state index contributed by atoms with van der Waals surface area (Å²) in [5, 5.41) is 74.4. The second kappa shape index (κ2) is 12.3. The van der Waals surface area contributed by atoms with E-state index in [-0.39, 0.29) is 48.3 Å². The lowest BCUT2D eigenvalue weighted by atomic mass is 9.71. The summed E-state index contributed by atoms with van der Waals surface area (Å²) in [6.07, 6.45) is 0.238. The molecule has 1 aliphatic rings. The van der Waals surface area contributed by atoms with Crippen molar-refractivity contribution >= 4 is 35.8 Å². The predicted molar refractivity (Wildman–Crippen MR) is 141 cm³/mol. The molecule has 0 spiro atoms. The van der Waals surface area contributed by atoms with Crippen molar-refractivity contribution in [2.75, 3.05) is 13.2 Å². The molecule has 0 atom stereocenters. The molecule has 1 aliphatic carbocycles. The Morgan fingerprint density at radius 3 is 1.17 bits per heavy atom. The molecule has 0 aromatic heterocycles. The highest BCUT2D eigenvalue weighted by Gasteiger charge is 2.38. The monoisotopic (exact) mass is 582 g/mol. The molecule has 14 nitrogen and oxygen atoms in total. The molecule has 0 bridgehead atoms. The van der Waals surface area contributed by atoms with E-state index in [0.29, 0.717) is 0 Å². The number of benzene rings is 3. The maximum Gasteiger partial charge on any atom is 0.337 e. The van der Waals surface area contributed by atoms with E-state index in [0.717, 1.165) is 24.3 Å². The lowest BCUT2D eigenvalue weighted by molar-refractivity contribution is 0.0649. The summed E-state index contributed by atoms with van der Waals surface area (Å²) < 4.78 is 0. The zero-order chi connectivity index (χ0) is 31.5. The molecule has 3 aromatic carbocycles. The maximum absolute atomic E-state index is 12.5. The van der Waals surface area contributed by atoms with Gasteiger partial charge in [0.05, 0.1) is 46.6 Å².